The number of ether oxygens (including phenoxy) is 4. The highest BCUT2D eigenvalue weighted by atomic mass is 32.1. The first-order valence-electron chi connectivity index (χ1n) is 10.3. The van der Waals surface area contributed by atoms with E-state index in [1.54, 1.807) is 25.6 Å². The van der Waals surface area contributed by atoms with Crippen LogP contribution in [-0.4, -0.2) is 31.5 Å². The van der Waals surface area contributed by atoms with Gasteiger partial charge in [0.2, 0.25) is 6.23 Å². The van der Waals surface area contributed by atoms with E-state index in [1.807, 2.05) is 37.3 Å². The summed E-state index contributed by atoms with van der Waals surface area (Å²) in [6, 6.07) is 16.2. The van der Waals surface area contributed by atoms with Crippen molar-refractivity contribution < 1.29 is 18.9 Å². The van der Waals surface area contributed by atoms with Crippen LogP contribution in [0, 0.1) is 0 Å². The van der Waals surface area contributed by atoms with E-state index in [-0.39, 0.29) is 6.04 Å². The summed E-state index contributed by atoms with van der Waals surface area (Å²) in [6.07, 6.45) is 0.410. The average molecular weight is 437 g/mol. The molecule has 3 aromatic rings. The molecule has 0 radical (unpaired) electrons. The van der Waals surface area contributed by atoms with Gasteiger partial charge in [-0.15, -0.1) is 11.3 Å². The van der Waals surface area contributed by atoms with Gasteiger partial charge in [0.05, 0.1) is 37.5 Å². The third kappa shape index (κ3) is 3.39. The number of rotatable bonds is 6. The zero-order valence-corrected chi connectivity index (χ0v) is 18.5. The van der Waals surface area contributed by atoms with Crippen molar-refractivity contribution in [2.24, 2.45) is 5.10 Å². The average Bonchev–Trinajstić information content (AvgIpc) is 3.48. The largest absolute Gasteiger partial charge is 0.493 e. The minimum atomic E-state index is -0.406. The Kier molecular flexibility index (Phi) is 5.19. The predicted octanol–water partition coefficient (Wildman–Crippen LogP) is 5.41. The molecule has 31 heavy (non-hydrogen) atoms. The number of hydrogen-bond acceptors (Lipinski definition) is 7. The number of nitrogens with zero attached hydrogens (tertiary/aromatic N) is 2. The Labute approximate surface area is 185 Å². The molecule has 3 heterocycles. The Morgan fingerprint density at radius 1 is 1.06 bits per heavy atom. The van der Waals surface area contributed by atoms with E-state index in [2.05, 4.69) is 28.6 Å². The summed E-state index contributed by atoms with van der Waals surface area (Å²) in [5, 5.41) is 9.15. The lowest BCUT2D eigenvalue weighted by atomic mass is 9.97. The summed E-state index contributed by atoms with van der Waals surface area (Å²) in [7, 11) is 3.27. The standard InChI is InChI=1S/C24H24N2O4S/c1-4-29-20-8-5-7-16-18-14-17(22-9-6-12-31-22)25-26(18)24(30-23(16)20)15-10-11-19(27-2)21(13-15)28-3/h5-13,18,24H,4,14H2,1-3H3/t18-,24-/m1/s1. The van der Waals surface area contributed by atoms with Gasteiger partial charge in [-0.3, -0.25) is 0 Å². The molecule has 0 saturated carbocycles. The first-order valence-corrected chi connectivity index (χ1v) is 11.2. The summed E-state index contributed by atoms with van der Waals surface area (Å²) in [4.78, 5) is 1.18. The fourth-order valence-corrected chi connectivity index (χ4v) is 4.89. The molecular weight excluding hydrogens is 412 g/mol. The fourth-order valence-electron chi connectivity index (χ4n) is 4.17. The number of thiophene rings is 1. The monoisotopic (exact) mass is 436 g/mol. The molecule has 0 fully saturated rings. The summed E-state index contributed by atoms with van der Waals surface area (Å²) >= 11 is 1.71. The van der Waals surface area contributed by atoms with E-state index in [9.17, 15) is 0 Å². The van der Waals surface area contributed by atoms with Gasteiger partial charge in [0.1, 0.15) is 0 Å². The first-order chi connectivity index (χ1) is 15.2. The zero-order chi connectivity index (χ0) is 21.4. The summed E-state index contributed by atoms with van der Waals surface area (Å²) in [5.41, 5.74) is 3.11. The van der Waals surface area contributed by atoms with Crippen LogP contribution >= 0.6 is 11.3 Å². The molecule has 0 saturated heterocycles. The Bertz CT molecular complexity index is 1110. The minimum Gasteiger partial charge on any atom is -0.493 e. The van der Waals surface area contributed by atoms with Gasteiger partial charge < -0.3 is 18.9 Å². The van der Waals surface area contributed by atoms with Crippen LogP contribution in [0.25, 0.3) is 0 Å². The zero-order valence-electron chi connectivity index (χ0n) is 17.7. The van der Waals surface area contributed by atoms with Gasteiger partial charge in [-0.1, -0.05) is 18.2 Å². The maximum Gasteiger partial charge on any atom is 0.214 e. The van der Waals surface area contributed by atoms with Crippen LogP contribution in [0.3, 0.4) is 0 Å². The van der Waals surface area contributed by atoms with Crippen LogP contribution in [0.5, 0.6) is 23.0 Å². The van der Waals surface area contributed by atoms with Crippen molar-refractivity contribution in [2.75, 3.05) is 20.8 Å². The van der Waals surface area contributed by atoms with Gasteiger partial charge in [0.15, 0.2) is 23.0 Å². The minimum absolute atomic E-state index is 0.0688. The maximum absolute atomic E-state index is 6.56. The van der Waals surface area contributed by atoms with Crippen molar-refractivity contribution in [1.82, 2.24) is 5.01 Å². The molecule has 2 atom stereocenters. The molecule has 0 amide bonds. The smallest absolute Gasteiger partial charge is 0.214 e. The molecule has 160 valence electrons. The molecule has 0 aliphatic carbocycles. The van der Waals surface area contributed by atoms with E-state index in [0.29, 0.717) is 18.1 Å². The summed E-state index contributed by atoms with van der Waals surface area (Å²) < 4.78 is 23.4. The second kappa shape index (κ2) is 8.15. The highest BCUT2D eigenvalue weighted by Crippen LogP contribution is 2.51. The van der Waals surface area contributed by atoms with E-state index in [0.717, 1.165) is 34.8 Å². The molecule has 6 nitrogen and oxygen atoms in total. The lowest BCUT2D eigenvalue weighted by molar-refractivity contribution is -0.0213. The number of benzene rings is 2. The SMILES string of the molecule is CCOc1cccc2c1O[C@H](c1ccc(OC)c(OC)c1)N1N=C(c3cccs3)C[C@H]21. The molecule has 2 aliphatic heterocycles. The Morgan fingerprint density at radius 3 is 2.68 bits per heavy atom. The highest BCUT2D eigenvalue weighted by Gasteiger charge is 2.42. The normalized spacial score (nSPS) is 19.2. The Hall–Kier alpha value is -3.19. The van der Waals surface area contributed by atoms with Crippen molar-refractivity contribution in [2.45, 2.75) is 25.6 Å². The van der Waals surface area contributed by atoms with E-state index < -0.39 is 6.23 Å². The molecule has 2 aliphatic rings. The van der Waals surface area contributed by atoms with Crippen LogP contribution in [0.4, 0.5) is 0 Å². The molecule has 5 rings (SSSR count). The molecule has 7 heteroatoms. The second-order valence-corrected chi connectivity index (χ2v) is 8.26. The Morgan fingerprint density at radius 2 is 1.94 bits per heavy atom. The van der Waals surface area contributed by atoms with Gasteiger partial charge in [-0.05, 0) is 42.6 Å². The van der Waals surface area contributed by atoms with Crippen molar-refractivity contribution in [3.63, 3.8) is 0 Å². The van der Waals surface area contributed by atoms with Gasteiger partial charge in [-0.2, -0.15) is 5.10 Å². The number of fused-ring (bicyclic) bond motifs is 3. The van der Waals surface area contributed by atoms with Crippen molar-refractivity contribution in [1.29, 1.82) is 0 Å². The van der Waals surface area contributed by atoms with Crippen molar-refractivity contribution in [3.8, 4) is 23.0 Å². The molecule has 0 bridgehead atoms. The molecule has 0 N–H and O–H groups in total. The quantitative estimate of drug-likeness (QED) is 0.517. The van der Waals surface area contributed by atoms with Gasteiger partial charge >= 0.3 is 0 Å². The van der Waals surface area contributed by atoms with Crippen LogP contribution in [0.1, 0.15) is 41.6 Å². The Balaban J connectivity index is 1.62. The van der Waals surface area contributed by atoms with E-state index >= 15 is 0 Å². The number of hydrogen-bond donors (Lipinski definition) is 0. The molecule has 2 aromatic carbocycles. The number of hydrazone groups is 1. The van der Waals surface area contributed by atoms with Crippen molar-refractivity contribution in [3.05, 3.63) is 69.9 Å². The highest BCUT2D eigenvalue weighted by molar-refractivity contribution is 7.12. The molecular formula is C24H24N2O4S. The lowest BCUT2D eigenvalue weighted by Gasteiger charge is -2.38. The second-order valence-electron chi connectivity index (χ2n) is 7.32. The third-order valence-corrected chi connectivity index (χ3v) is 6.50. The van der Waals surface area contributed by atoms with Gasteiger partial charge in [0.25, 0.3) is 0 Å². The van der Waals surface area contributed by atoms with E-state index in [1.165, 1.54) is 4.88 Å². The summed E-state index contributed by atoms with van der Waals surface area (Å²) in [6.45, 7) is 2.56. The van der Waals surface area contributed by atoms with E-state index in [4.69, 9.17) is 24.0 Å². The molecule has 0 spiro atoms. The lowest BCUT2D eigenvalue weighted by Crippen LogP contribution is -2.34. The number of para-hydroxylation sites is 1. The molecule has 0 unspecified atom stereocenters. The summed E-state index contributed by atoms with van der Waals surface area (Å²) in [5.74, 6) is 2.88. The van der Waals surface area contributed by atoms with Gasteiger partial charge in [-0.25, -0.2) is 5.01 Å². The van der Waals surface area contributed by atoms with Crippen LogP contribution < -0.4 is 18.9 Å². The van der Waals surface area contributed by atoms with Crippen LogP contribution in [0.2, 0.25) is 0 Å². The fraction of sp³-hybridized carbons (Fsp3) is 0.292. The third-order valence-electron chi connectivity index (χ3n) is 5.58. The molecule has 1 aromatic heterocycles. The van der Waals surface area contributed by atoms with Crippen LogP contribution in [0.15, 0.2) is 59.0 Å². The van der Waals surface area contributed by atoms with Gasteiger partial charge in [0, 0.05) is 17.5 Å². The topological polar surface area (TPSA) is 52.5 Å². The number of methoxy groups -OCH3 is 2. The maximum atomic E-state index is 6.56. The first kappa shape index (κ1) is 19.8. The predicted molar refractivity (Wildman–Crippen MR) is 121 cm³/mol. The van der Waals surface area contributed by atoms with Crippen LogP contribution in [-0.2, 0) is 0 Å². The van der Waals surface area contributed by atoms with Crippen molar-refractivity contribution >= 4 is 17.0 Å².